The number of imidazole rings is 1. The van der Waals surface area contributed by atoms with E-state index in [9.17, 15) is 14.4 Å². The van der Waals surface area contributed by atoms with Gasteiger partial charge in [0.05, 0.1) is 19.5 Å². The Labute approximate surface area is 141 Å². The lowest BCUT2D eigenvalue weighted by Crippen LogP contribution is -2.19. The second-order valence-electron chi connectivity index (χ2n) is 6.35. The third-order valence-electron chi connectivity index (χ3n) is 4.67. The van der Waals surface area contributed by atoms with E-state index in [1.54, 1.807) is 4.57 Å². The molecule has 2 N–H and O–H groups in total. The fourth-order valence-electron chi connectivity index (χ4n) is 3.51. The molecular formula is C15H17N5O5. The maximum Gasteiger partial charge on any atom is 0.302 e. The van der Waals surface area contributed by atoms with Gasteiger partial charge in [-0.1, -0.05) is 0 Å². The number of fused-ring (bicyclic) bond motifs is 2. The molecule has 2 aromatic rings. The molecule has 4 rings (SSSR count). The van der Waals surface area contributed by atoms with Crippen LogP contribution in [0.1, 0.15) is 20.1 Å². The summed E-state index contributed by atoms with van der Waals surface area (Å²) in [5, 5.41) is 2.46. The van der Waals surface area contributed by atoms with Gasteiger partial charge in [0.25, 0.3) is 5.56 Å². The van der Waals surface area contributed by atoms with Crippen LogP contribution in [0.15, 0.2) is 11.1 Å². The first kappa shape index (κ1) is 15.8. The zero-order chi connectivity index (χ0) is 17.7. The van der Waals surface area contributed by atoms with Gasteiger partial charge in [0.1, 0.15) is 6.23 Å². The summed E-state index contributed by atoms with van der Waals surface area (Å²) in [6.07, 6.45) is 1.19. The first-order chi connectivity index (χ1) is 12.0. The lowest BCUT2D eigenvalue weighted by atomic mass is 10.3. The Balaban J connectivity index is 1.63. The minimum absolute atomic E-state index is 0.0635. The number of anilines is 1. The number of H-pyrrole nitrogens is 1. The van der Waals surface area contributed by atoms with E-state index >= 15 is 0 Å². The number of aromatic amines is 1. The normalized spacial score (nSPS) is 27.1. The molecule has 0 radical (unpaired) electrons. The van der Waals surface area contributed by atoms with Crippen molar-refractivity contribution in [2.24, 2.45) is 17.8 Å². The molecule has 0 bridgehead atoms. The minimum Gasteiger partial charge on any atom is -0.466 e. The van der Waals surface area contributed by atoms with Crippen LogP contribution >= 0.6 is 0 Å². The average molecular weight is 347 g/mol. The molecule has 1 amide bonds. The van der Waals surface area contributed by atoms with Crippen molar-refractivity contribution in [2.45, 2.75) is 20.1 Å². The van der Waals surface area contributed by atoms with Crippen LogP contribution in [0.4, 0.5) is 5.95 Å². The SMILES string of the molecule is CC(=O)Nc1nc2c(ncn2[C@H]2OC[C@@H]3[C@H](COC(C)=O)[C@@H]32)c(=O)[nH]1. The molecule has 10 nitrogen and oxygen atoms in total. The van der Waals surface area contributed by atoms with Crippen molar-refractivity contribution in [2.75, 3.05) is 18.5 Å². The standard InChI is InChI=1S/C15H17N5O5/c1-6(21)17-15-18-12-11(13(23)19-15)16-5-20(12)14-10-8(3-24-7(2)22)9(10)4-25-14/h5,8-10,14H,3-4H2,1-2H3,(H2,17,18,19,21,23)/t8-,9+,10-,14-/m0/s1. The van der Waals surface area contributed by atoms with Gasteiger partial charge >= 0.3 is 5.97 Å². The van der Waals surface area contributed by atoms with E-state index in [-0.39, 0.29) is 41.4 Å². The molecule has 132 valence electrons. The topological polar surface area (TPSA) is 128 Å². The number of esters is 1. The smallest absolute Gasteiger partial charge is 0.302 e. The highest BCUT2D eigenvalue weighted by atomic mass is 16.5. The summed E-state index contributed by atoms with van der Waals surface area (Å²) in [5.74, 6) is 0.157. The van der Waals surface area contributed by atoms with Gasteiger partial charge in [-0.05, 0) is 5.92 Å². The maximum absolute atomic E-state index is 12.1. The minimum atomic E-state index is -0.436. The van der Waals surface area contributed by atoms with Crippen LogP contribution in [0.5, 0.6) is 0 Å². The van der Waals surface area contributed by atoms with E-state index in [4.69, 9.17) is 9.47 Å². The number of aromatic nitrogens is 4. The molecule has 4 atom stereocenters. The second kappa shape index (κ2) is 5.66. The Morgan fingerprint density at radius 3 is 3.00 bits per heavy atom. The monoisotopic (exact) mass is 347 g/mol. The van der Waals surface area contributed by atoms with Crippen LogP contribution in [0.3, 0.4) is 0 Å². The van der Waals surface area contributed by atoms with Gasteiger partial charge in [0, 0.05) is 25.7 Å². The molecule has 1 aliphatic heterocycles. The van der Waals surface area contributed by atoms with Crippen molar-refractivity contribution >= 4 is 29.0 Å². The first-order valence-electron chi connectivity index (χ1n) is 7.95. The summed E-state index contributed by atoms with van der Waals surface area (Å²) >= 11 is 0. The van der Waals surface area contributed by atoms with Crippen molar-refractivity contribution in [1.82, 2.24) is 19.5 Å². The number of carbonyl (C=O) groups excluding carboxylic acids is 2. The summed E-state index contributed by atoms with van der Waals surface area (Å²) < 4.78 is 12.6. The quantitative estimate of drug-likeness (QED) is 0.747. The van der Waals surface area contributed by atoms with Gasteiger partial charge in [-0.15, -0.1) is 0 Å². The van der Waals surface area contributed by atoms with Crippen molar-refractivity contribution < 1.29 is 19.1 Å². The Hall–Kier alpha value is -2.75. The zero-order valence-electron chi connectivity index (χ0n) is 13.7. The molecule has 0 spiro atoms. The maximum atomic E-state index is 12.1. The highest BCUT2D eigenvalue weighted by molar-refractivity contribution is 5.87. The predicted molar refractivity (Wildman–Crippen MR) is 84.5 cm³/mol. The van der Waals surface area contributed by atoms with E-state index in [0.29, 0.717) is 24.8 Å². The molecule has 1 saturated heterocycles. The molecule has 0 aromatic carbocycles. The number of nitrogens with zero attached hydrogens (tertiary/aromatic N) is 3. The number of amides is 1. The number of rotatable bonds is 4. The van der Waals surface area contributed by atoms with Crippen molar-refractivity contribution in [3.63, 3.8) is 0 Å². The lowest BCUT2D eigenvalue weighted by Gasteiger charge is -2.17. The van der Waals surface area contributed by atoms with Gasteiger partial charge in [-0.3, -0.25) is 29.3 Å². The molecule has 1 saturated carbocycles. The van der Waals surface area contributed by atoms with E-state index < -0.39 is 5.56 Å². The van der Waals surface area contributed by atoms with Crippen LogP contribution < -0.4 is 10.9 Å². The van der Waals surface area contributed by atoms with E-state index in [2.05, 4.69) is 20.3 Å². The molecule has 3 heterocycles. The molecule has 10 heteroatoms. The van der Waals surface area contributed by atoms with Gasteiger partial charge in [0.15, 0.2) is 11.2 Å². The molecule has 0 unspecified atom stereocenters. The van der Waals surface area contributed by atoms with Crippen LogP contribution in [0.2, 0.25) is 0 Å². The molecular weight excluding hydrogens is 330 g/mol. The zero-order valence-corrected chi connectivity index (χ0v) is 13.7. The first-order valence-corrected chi connectivity index (χ1v) is 7.95. The van der Waals surface area contributed by atoms with E-state index in [1.165, 1.54) is 20.2 Å². The molecule has 1 aliphatic carbocycles. The number of carbonyl (C=O) groups is 2. The van der Waals surface area contributed by atoms with Gasteiger partial charge < -0.3 is 9.47 Å². The van der Waals surface area contributed by atoms with Crippen LogP contribution in [0.25, 0.3) is 11.2 Å². The van der Waals surface area contributed by atoms with Gasteiger partial charge in [-0.25, -0.2) is 4.98 Å². The summed E-state index contributed by atoms with van der Waals surface area (Å²) in [5.41, 5.74) is 0.0870. The summed E-state index contributed by atoms with van der Waals surface area (Å²) in [4.78, 5) is 45.2. The number of hydrogen-bond donors (Lipinski definition) is 2. The van der Waals surface area contributed by atoms with Crippen molar-refractivity contribution in [3.8, 4) is 0 Å². The second-order valence-corrected chi connectivity index (χ2v) is 6.35. The summed E-state index contributed by atoms with van der Waals surface area (Å²) in [6.45, 7) is 3.64. The number of ether oxygens (including phenoxy) is 2. The third-order valence-corrected chi connectivity index (χ3v) is 4.67. The van der Waals surface area contributed by atoms with Crippen LogP contribution in [-0.2, 0) is 19.1 Å². The Morgan fingerprint density at radius 2 is 2.28 bits per heavy atom. The summed E-state index contributed by atoms with van der Waals surface area (Å²) in [7, 11) is 0. The third kappa shape index (κ3) is 2.68. The number of nitrogens with one attached hydrogen (secondary N) is 2. The molecule has 2 aliphatic rings. The van der Waals surface area contributed by atoms with E-state index in [0.717, 1.165) is 0 Å². The van der Waals surface area contributed by atoms with Gasteiger partial charge in [0.2, 0.25) is 11.9 Å². The number of hydrogen-bond acceptors (Lipinski definition) is 7. The lowest BCUT2D eigenvalue weighted by molar-refractivity contribution is -0.142. The van der Waals surface area contributed by atoms with E-state index in [1.807, 2.05) is 0 Å². The Kier molecular flexibility index (Phi) is 3.57. The van der Waals surface area contributed by atoms with Crippen LogP contribution in [0, 0.1) is 17.8 Å². The highest BCUT2D eigenvalue weighted by Gasteiger charge is 2.60. The highest BCUT2D eigenvalue weighted by Crippen LogP contribution is 2.58. The average Bonchev–Trinajstić information content (AvgIpc) is 2.86. The van der Waals surface area contributed by atoms with Crippen LogP contribution in [-0.4, -0.2) is 44.6 Å². The van der Waals surface area contributed by atoms with Gasteiger partial charge in [-0.2, -0.15) is 4.98 Å². The largest absolute Gasteiger partial charge is 0.466 e. The fourth-order valence-corrected chi connectivity index (χ4v) is 3.51. The van der Waals surface area contributed by atoms with Crippen molar-refractivity contribution in [1.29, 1.82) is 0 Å². The Bertz CT molecular complexity index is 919. The summed E-state index contributed by atoms with van der Waals surface area (Å²) in [6, 6.07) is 0. The molecule has 2 fully saturated rings. The Morgan fingerprint density at radius 1 is 1.48 bits per heavy atom. The fraction of sp³-hybridized carbons (Fsp3) is 0.533. The predicted octanol–water partition coefficient (Wildman–Crippen LogP) is 0.0321. The van der Waals surface area contributed by atoms with Crippen molar-refractivity contribution in [3.05, 3.63) is 16.7 Å². The molecule has 2 aromatic heterocycles. The molecule has 25 heavy (non-hydrogen) atoms.